The zero-order valence-electron chi connectivity index (χ0n) is 7.40. The van der Waals surface area contributed by atoms with Gasteiger partial charge >= 0.3 is 0 Å². The third-order valence-electron chi connectivity index (χ3n) is 2.06. The summed E-state index contributed by atoms with van der Waals surface area (Å²) in [5, 5.41) is 0.754. The van der Waals surface area contributed by atoms with E-state index in [1.807, 2.05) is 0 Å². The van der Waals surface area contributed by atoms with Crippen LogP contribution in [0.3, 0.4) is 0 Å². The number of pyridine rings is 1. The van der Waals surface area contributed by atoms with Crippen LogP contribution in [0.5, 0.6) is 0 Å². The summed E-state index contributed by atoms with van der Waals surface area (Å²) in [6, 6.07) is 6.70. The van der Waals surface area contributed by atoms with Crippen LogP contribution in [0.25, 0.3) is 10.9 Å². The first kappa shape index (κ1) is 8.50. The molecule has 2 rings (SSSR count). The second kappa shape index (κ2) is 2.99. The van der Waals surface area contributed by atoms with Crippen molar-refractivity contribution in [3.05, 3.63) is 36.0 Å². The van der Waals surface area contributed by atoms with Crippen molar-refractivity contribution in [2.45, 2.75) is 0 Å². The highest BCUT2D eigenvalue weighted by Crippen LogP contribution is 2.19. The van der Waals surface area contributed by atoms with Crippen LogP contribution in [0.2, 0.25) is 0 Å². The van der Waals surface area contributed by atoms with E-state index in [9.17, 15) is 4.79 Å². The molecule has 0 aliphatic heterocycles. The summed E-state index contributed by atoms with van der Waals surface area (Å²) < 4.78 is 0. The molecule has 2 aromatic rings. The maximum absolute atomic E-state index is 10.9. The number of primary amides is 1. The Bertz CT molecular complexity index is 508. The van der Waals surface area contributed by atoms with E-state index < -0.39 is 5.91 Å². The second-order valence-electron chi connectivity index (χ2n) is 3.00. The van der Waals surface area contributed by atoms with Crippen LogP contribution >= 0.6 is 0 Å². The number of rotatable bonds is 1. The Hall–Kier alpha value is -2.10. The molecule has 1 aromatic heterocycles. The van der Waals surface area contributed by atoms with Crippen molar-refractivity contribution in [1.82, 2.24) is 4.98 Å². The lowest BCUT2D eigenvalue weighted by molar-refractivity contribution is 0.100. The summed E-state index contributed by atoms with van der Waals surface area (Å²) in [7, 11) is 0. The van der Waals surface area contributed by atoms with E-state index >= 15 is 0 Å². The Morgan fingerprint density at radius 1 is 1.29 bits per heavy atom. The fourth-order valence-corrected chi connectivity index (χ4v) is 1.32. The number of amides is 1. The third-order valence-corrected chi connectivity index (χ3v) is 2.06. The average molecular weight is 187 g/mol. The number of hydrogen-bond donors (Lipinski definition) is 2. The summed E-state index contributed by atoms with van der Waals surface area (Å²) >= 11 is 0. The van der Waals surface area contributed by atoms with Crippen LogP contribution in [0.4, 0.5) is 5.69 Å². The SMILES string of the molecule is NC(=O)c1ccc2nccc(N)c2c1. The molecule has 4 N–H and O–H groups in total. The van der Waals surface area contributed by atoms with Crippen LogP contribution in [-0.2, 0) is 0 Å². The van der Waals surface area contributed by atoms with Gasteiger partial charge in [0.1, 0.15) is 0 Å². The lowest BCUT2D eigenvalue weighted by Crippen LogP contribution is -2.10. The second-order valence-corrected chi connectivity index (χ2v) is 3.00. The molecule has 70 valence electrons. The summed E-state index contributed by atoms with van der Waals surface area (Å²) in [4.78, 5) is 15.0. The molecule has 0 spiro atoms. The van der Waals surface area contributed by atoms with E-state index in [0.717, 1.165) is 10.9 Å². The number of carbonyl (C=O) groups excluding carboxylic acids is 1. The zero-order valence-corrected chi connectivity index (χ0v) is 7.40. The number of carbonyl (C=O) groups is 1. The predicted molar refractivity (Wildman–Crippen MR) is 54.7 cm³/mol. The fraction of sp³-hybridized carbons (Fsp3) is 0. The summed E-state index contributed by atoms with van der Waals surface area (Å²) in [6.07, 6.45) is 1.63. The normalized spacial score (nSPS) is 10.3. The number of nitrogens with zero attached hydrogens (tertiary/aromatic N) is 1. The molecule has 0 aliphatic carbocycles. The smallest absolute Gasteiger partial charge is 0.248 e. The van der Waals surface area contributed by atoms with Crippen molar-refractivity contribution >= 4 is 22.5 Å². The predicted octanol–water partition coefficient (Wildman–Crippen LogP) is 0.916. The molecule has 1 aromatic carbocycles. The first-order valence-electron chi connectivity index (χ1n) is 4.12. The van der Waals surface area contributed by atoms with Gasteiger partial charge in [0.05, 0.1) is 5.52 Å². The van der Waals surface area contributed by atoms with Crippen molar-refractivity contribution in [2.24, 2.45) is 5.73 Å². The number of hydrogen-bond acceptors (Lipinski definition) is 3. The minimum atomic E-state index is -0.463. The van der Waals surface area contributed by atoms with Gasteiger partial charge in [-0.1, -0.05) is 0 Å². The molecular formula is C10H9N3O. The molecular weight excluding hydrogens is 178 g/mol. The third kappa shape index (κ3) is 1.26. The van der Waals surface area contributed by atoms with Crippen molar-refractivity contribution < 1.29 is 4.79 Å². The maximum atomic E-state index is 10.9. The topological polar surface area (TPSA) is 82.0 Å². The molecule has 14 heavy (non-hydrogen) atoms. The molecule has 0 radical (unpaired) electrons. The quantitative estimate of drug-likeness (QED) is 0.696. The summed E-state index contributed by atoms with van der Waals surface area (Å²) in [5.41, 5.74) is 12.7. The Morgan fingerprint density at radius 2 is 2.07 bits per heavy atom. The molecule has 0 unspecified atom stereocenters. The Morgan fingerprint density at radius 3 is 2.79 bits per heavy atom. The Labute approximate surface area is 80.5 Å². The molecule has 0 atom stereocenters. The van der Waals surface area contributed by atoms with Gasteiger partial charge in [-0.25, -0.2) is 0 Å². The highest BCUT2D eigenvalue weighted by Gasteiger charge is 2.03. The number of benzene rings is 1. The maximum Gasteiger partial charge on any atom is 0.248 e. The fourth-order valence-electron chi connectivity index (χ4n) is 1.32. The van der Waals surface area contributed by atoms with Crippen LogP contribution in [0, 0.1) is 0 Å². The molecule has 0 saturated carbocycles. The minimum Gasteiger partial charge on any atom is -0.398 e. The minimum absolute atomic E-state index is 0.442. The van der Waals surface area contributed by atoms with Gasteiger partial charge in [-0.2, -0.15) is 0 Å². The van der Waals surface area contributed by atoms with Gasteiger partial charge in [0.15, 0.2) is 0 Å². The van der Waals surface area contributed by atoms with Crippen molar-refractivity contribution in [3.63, 3.8) is 0 Å². The van der Waals surface area contributed by atoms with E-state index in [2.05, 4.69) is 4.98 Å². The van der Waals surface area contributed by atoms with Gasteiger partial charge < -0.3 is 11.5 Å². The standard InChI is InChI=1S/C10H9N3O/c11-8-3-4-13-9-2-1-6(10(12)14)5-7(8)9/h1-5H,(H2,11,13)(H2,12,14). The number of fused-ring (bicyclic) bond motifs is 1. The first-order chi connectivity index (χ1) is 6.68. The van der Waals surface area contributed by atoms with E-state index in [4.69, 9.17) is 11.5 Å². The van der Waals surface area contributed by atoms with Gasteiger partial charge in [0.25, 0.3) is 0 Å². The molecule has 1 heterocycles. The van der Waals surface area contributed by atoms with Crippen molar-refractivity contribution in [1.29, 1.82) is 0 Å². The lowest BCUT2D eigenvalue weighted by Gasteiger charge is -2.02. The van der Waals surface area contributed by atoms with Crippen LogP contribution < -0.4 is 11.5 Å². The van der Waals surface area contributed by atoms with E-state index in [0.29, 0.717) is 11.3 Å². The van der Waals surface area contributed by atoms with Gasteiger partial charge in [0.2, 0.25) is 5.91 Å². The number of nitrogen functional groups attached to an aromatic ring is 1. The number of nitrogens with two attached hydrogens (primary N) is 2. The van der Waals surface area contributed by atoms with Crippen LogP contribution in [0.15, 0.2) is 30.5 Å². The van der Waals surface area contributed by atoms with Gasteiger partial charge in [0, 0.05) is 22.8 Å². The van der Waals surface area contributed by atoms with Gasteiger partial charge in [-0.3, -0.25) is 9.78 Å². The van der Waals surface area contributed by atoms with Gasteiger partial charge in [-0.15, -0.1) is 0 Å². The zero-order chi connectivity index (χ0) is 10.1. The number of anilines is 1. The van der Waals surface area contributed by atoms with Crippen LogP contribution in [0.1, 0.15) is 10.4 Å². The van der Waals surface area contributed by atoms with E-state index in [1.54, 1.807) is 30.5 Å². The first-order valence-corrected chi connectivity index (χ1v) is 4.12. The molecule has 4 nitrogen and oxygen atoms in total. The molecule has 1 amide bonds. The van der Waals surface area contributed by atoms with Crippen molar-refractivity contribution in [2.75, 3.05) is 5.73 Å². The highest BCUT2D eigenvalue weighted by atomic mass is 16.1. The molecule has 0 fully saturated rings. The molecule has 4 heteroatoms. The Kier molecular flexibility index (Phi) is 1.81. The van der Waals surface area contributed by atoms with E-state index in [-0.39, 0.29) is 0 Å². The summed E-state index contributed by atoms with van der Waals surface area (Å²) in [6.45, 7) is 0. The van der Waals surface area contributed by atoms with Gasteiger partial charge in [-0.05, 0) is 24.3 Å². The average Bonchev–Trinajstić information content (AvgIpc) is 2.18. The molecule has 0 saturated heterocycles. The Balaban J connectivity index is 2.76. The van der Waals surface area contributed by atoms with Crippen LogP contribution in [-0.4, -0.2) is 10.9 Å². The highest BCUT2D eigenvalue weighted by molar-refractivity contribution is 5.99. The van der Waals surface area contributed by atoms with E-state index in [1.165, 1.54) is 0 Å². The van der Waals surface area contributed by atoms with Crippen molar-refractivity contribution in [3.8, 4) is 0 Å². The lowest BCUT2D eigenvalue weighted by atomic mass is 10.1. The molecule has 0 bridgehead atoms. The monoisotopic (exact) mass is 187 g/mol. The number of aromatic nitrogens is 1. The summed E-state index contributed by atoms with van der Waals surface area (Å²) in [5.74, 6) is -0.463. The molecule has 0 aliphatic rings. The largest absolute Gasteiger partial charge is 0.398 e.